The molecule has 1 aliphatic heterocycles. The van der Waals surface area contributed by atoms with Crippen molar-refractivity contribution in [2.24, 2.45) is 0 Å². The maximum atomic E-state index is 5.49. The van der Waals surface area contributed by atoms with Crippen LogP contribution in [0, 0.1) is 0 Å². The number of hydrogen-bond donors (Lipinski definition) is 0. The van der Waals surface area contributed by atoms with Gasteiger partial charge in [0.2, 0.25) is 0 Å². The van der Waals surface area contributed by atoms with Crippen LogP contribution < -0.4 is 0 Å². The molecule has 3 nitrogen and oxygen atoms in total. The second-order valence-electron chi connectivity index (χ2n) is 6.45. The first-order valence-electron chi connectivity index (χ1n) is 8.80. The Labute approximate surface area is 136 Å². The van der Waals surface area contributed by atoms with Crippen LogP contribution >= 0.6 is 0 Å². The molecule has 0 bridgehead atoms. The third-order valence-electron chi connectivity index (χ3n) is 4.84. The molecule has 1 aliphatic rings. The molecule has 2 atom stereocenters. The van der Waals surface area contributed by atoms with E-state index in [2.05, 4.69) is 60.9 Å². The zero-order chi connectivity index (χ0) is 15.8. The Bertz CT molecular complexity index is 409. The first-order valence-corrected chi connectivity index (χ1v) is 8.80. The third-order valence-corrected chi connectivity index (χ3v) is 4.84. The molecule has 0 aromatic heterocycles. The summed E-state index contributed by atoms with van der Waals surface area (Å²) in [6.45, 7) is 13.1. The molecule has 124 valence electrons. The van der Waals surface area contributed by atoms with Gasteiger partial charge in [0.1, 0.15) is 0 Å². The van der Waals surface area contributed by atoms with E-state index in [1.165, 1.54) is 38.0 Å². The predicted octanol–water partition coefficient (Wildman–Crippen LogP) is 3.05. The fourth-order valence-corrected chi connectivity index (χ4v) is 3.28. The standard InChI is InChI=1S/C19H32N2O/c1-4-22-15-14-20-12-13-21(16-18(20)3)17(2)10-11-19-8-6-5-7-9-19/h5-9,17-18H,4,10-16H2,1-3H3/t17-,18+/m0/s1. The number of nitrogens with zero attached hydrogens (tertiary/aromatic N) is 2. The zero-order valence-corrected chi connectivity index (χ0v) is 14.5. The summed E-state index contributed by atoms with van der Waals surface area (Å²) in [4.78, 5) is 5.22. The van der Waals surface area contributed by atoms with Gasteiger partial charge in [0.15, 0.2) is 0 Å². The highest BCUT2D eigenvalue weighted by atomic mass is 16.5. The van der Waals surface area contributed by atoms with Crippen LogP contribution in [-0.4, -0.2) is 61.3 Å². The SMILES string of the molecule is CCOCCN1CCN([C@@H](C)CCc2ccccc2)C[C@H]1C. The summed E-state index contributed by atoms with van der Waals surface area (Å²) in [6.07, 6.45) is 2.43. The first-order chi connectivity index (χ1) is 10.7. The van der Waals surface area contributed by atoms with Crippen LogP contribution in [0.2, 0.25) is 0 Å². The van der Waals surface area contributed by atoms with Gasteiger partial charge in [-0.05, 0) is 39.2 Å². The lowest BCUT2D eigenvalue weighted by molar-refractivity contribution is 0.0338. The molecule has 1 aromatic rings. The van der Waals surface area contributed by atoms with E-state index in [4.69, 9.17) is 4.74 Å². The van der Waals surface area contributed by atoms with Crippen molar-refractivity contribution >= 4 is 0 Å². The van der Waals surface area contributed by atoms with Gasteiger partial charge in [-0.2, -0.15) is 0 Å². The summed E-state index contributed by atoms with van der Waals surface area (Å²) in [7, 11) is 0. The molecule has 0 N–H and O–H groups in total. The smallest absolute Gasteiger partial charge is 0.0593 e. The Hall–Kier alpha value is -0.900. The Balaban J connectivity index is 1.72. The number of piperazine rings is 1. The van der Waals surface area contributed by atoms with E-state index < -0.39 is 0 Å². The summed E-state index contributed by atoms with van der Waals surface area (Å²) < 4.78 is 5.49. The molecule has 1 heterocycles. The van der Waals surface area contributed by atoms with Gasteiger partial charge in [-0.3, -0.25) is 9.80 Å². The van der Waals surface area contributed by atoms with Crippen LogP contribution in [0.4, 0.5) is 0 Å². The summed E-state index contributed by atoms with van der Waals surface area (Å²) in [5.74, 6) is 0. The minimum Gasteiger partial charge on any atom is -0.380 e. The molecule has 0 amide bonds. The van der Waals surface area contributed by atoms with Crippen molar-refractivity contribution in [1.29, 1.82) is 0 Å². The lowest BCUT2D eigenvalue weighted by Crippen LogP contribution is -2.54. The Morgan fingerprint density at radius 2 is 2.00 bits per heavy atom. The summed E-state index contributed by atoms with van der Waals surface area (Å²) in [5, 5.41) is 0. The van der Waals surface area contributed by atoms with Crippen molar-refractivity contribution < 1.29 is 4.74 Å². The Morgan fingerprint density at radius 3 is 2.68 bits per heavy atom. The van der Waals surface area contributed by atoms with Crippen LogP contribution in [0.5, 0.6) is 0 Å². The summed E-state index contributed by atoms with van der Waals surface area (Å²) in [6, 6.07) is 12.1. The number of ether oxygens (including phenoxy) is 1. The molecule has 0 unspecified atom stereocenters. The fraction of sp³-hybridized carbons (Fsp3) is 0.684. The molecular weight excluding hydrogens is 272 g/mol. The average Bonchev–Trinajstić information content (AvgIpc) is 2.55. The number of hydrogen-bond acceptors (Lipinski definition) is 3. The van der Waals surface area contributed by atoms with E-state index in [1.807, 2.05) is 0 Å². The number of aryl methyl sites for hydroxylation is 1. The number of benzene rings is 1. The molecular formula is C19H32N2O. The molecule has 2 rings (SSSR count). The van der Waals surface area contributed by atoms with Gasteiger partial charge in [-0.15, -0.1) is 0 Å². The Kier molecular flexibility index (Phi) is 7.37. The maximum absolute atomic E-state index is 5.49. The van der Waals surface area contributed by atoms with E-state index in [9.17, 15) is 0 Å². The lowest BCUT2D eigenvalue weighted by Gasteiger charge is -2.42. The van der Waals surface area contributed by atoms with Gasteiger partial charge in [-0.1, -0.05) is 30.3 Å². The second-order valence-corrected chi connectivity index (χ2v) is 6.45. The van der Waals surface area contributed by atoms with Crippen molar-refractivity contribution in [3.05, 3.63) is 35.9 Å². The van der Waals surface area contributed by atoms with Gasteiger partial charge in [0, 0.05) is 44.9 Å². The average molecular weight is 304 g/mol. The minimum atomic E-state index is 0.633. The van der Waals surface area contributed by atoms with Crippen molar-refractivity contribution in [2.45, 2.75) is 45.7 Å². The van der Waals surface area contributed by atoms with E-state index in [0.29, 0.717) is 12.1 Å². The van der Waals surface area contributed by atoms with Gasteiger partial charge < -0.3 is 4.74 Å². The van der Waals surface area contributed by atoms with E-state index in [1.54, 1.807) is 0 Å². The largest absolute Gasteiger partial charge is 0.380 e. The van der Waals surface area contributed by atoms with Crippen molar-refractivity contribution in [1.82, 2.24) is 9.80 Å². The molecule has 22 heavy (non-hydrogen) atoms. The van der Waals surface area contributed by atoms with Crippen molar-refractivity contribution in [2.75, 3.05) is 39.4 Å². The Morgan fingerprint density at radius 1 is 1.23 bits per heavy atom. The fourth-order valence-electron chi connectivity index (χ4n) is 3.28. The monoisotopic (exact) mass is 304 g/mol. The van der Waals surface area contributed by atoms with Crippen LogP contribution in [0.25, 0.3) is 0 Å². The highest BCUT2D eigenvalue weighted by Crippen LogP contribution is 2.15. The van der Waals surface area contributed by atoms with E-state index >= 15 is 0 Å². The normalized spacial score (nSPS) is 21.9. The summed E-state index contributed by atoms with van der Waals surface area (Å²) in [5.41, 5.74) is 1.46. The van der Waals surface area contributed by atoms with Crippen molar-refractivity contribution in [3.63, 3.8) is 0 Å². The zero-order valence-electron chi connectivity index (χ0n) is 14.5. The predicted molar refractivity (Wildman–Crippen MR) is 93.3 cm³/mol. The summed E-state index contributed by atoms with van der Waals surface area (Å²) >= 11 is 0. The van der Waals surface area contributed by atoms with Gasteiger partial charge in [0.05, 0.1) is 6.61 Å². The second kappa shape index (κ2) is 9.29. The van der Waals surface area contributed by atoms with Gasteiger partial charge >= 0.3 is 0 Å². The molecule has 1 saturated heterocycles. The lowest BCUT2D eigenvalue weighted by atomic mass is 10.0. The van der Waals surface area contributed by atoms with Crippen LogP contribution in [0.15, 0.2) is 30.3 Å². The molecule has 1 fully saturated rings. The molecule has 0 radical (unpaired) electrons. The van der Waals surface area contributed by atoms with Gasteiger partial charge in [-0.25, -0.2) is 0 Å². The van der Waals surface area contributed by atoms with Crippen LogP contribution in [-0.2, 0) is 11.2 Å². The van der Waals surface area contributed by atoms with Crippen LogP contribution in [0.1, 0.15) is 32.8 Å². The van der Waals surface area contributed by atoms with E-state index in [0.717, 1.165) is 19.8 Å². The quantitative estimate of drug-likeness (QED) is 0.687. The third kappa shape index (κ3) is 5.38. The molecule has 1 aromatic carbocycles. The minimum absolute atomic E-state index is 0.633. The molecule has 0 saturated carbocycles. The molecule has 3 heteroatoms. The molecule has 0 spiro atoms. The van der Waals surface area contributed by atoms with Crippen molar-refractivity contribution in [3.8, 4) is 0 Å². The topological polar surface area (TPSA) is 15.7 Å². The maximum Gasteiger partial charge on any atom is 0.0593 e. The number of rotatable bonds is 8. The molecule has 0 aliphatic carbocycles. The van der Waals surface area contributed by atoms with Crippen LogP contribution in [0.3, 0.4) is 0 Å². The highest BCUT2D eigenvalue weighted by molar-refractivity contribution is 5.14. The van der Waals surface area contributed by atoms with Gasteiger partial charge in [0.25, 0.3) is 0 Å². The van der Waals surface area contributed by atoms with E-state index in [-0.39, 0.29) is 0 Å². The first kappa shape index (κ1) is 17.5. The highest BCUT2D eigenvalue weighted by Gasteiger charge is 2.25.